The van der Waals surface area contributed by atoms with Crippen molar-refractivity contribution < 1.29 is 10.2 Å². The van der Waals surface area contributed by atoms with E-state index in [1.807, 2.05) is 36.4 Å². The molecular formula is C21H14O2. The van der Waals surface area contributed by atoms with Crippen molar-refractivity contribution in [2.75, 3.05) is 0 Å². The van der Waals surface area contributed by atoms with Crippen molar-refractivity contribution in [2.24, 2.45) is 0 Å². The Morgan fingerprint density at radius 1 is 0.565 bits per heavy atom. The van der Waals surface area contributed by atoms with E-state index >= 15 is 0 Å². The Morgan fingerprint density at radius 3 is 2.04 bits per heavy atom. The van der Waals surface area contributed by atoms with Gasteiger partial charge in [0.05, 0.1) is 0 Å². The van der Waals surface area contributed by atoms with Crippen LogP contribution in [-0.4, -0.2) is 10.2 Å². The van der Waals surface area contributed by atoms with Crippen molar-refractivity contribution in [1.29, 1.82) is 0 Å². The summed E-state index contributed by atoms with van der Waals surface area (Å²) in [6.45, 7) is 2.07. The topological polar surface area (TPSA) is 40.5 Å². The van der Waals surface area contributed by atoms with Crippen molar-refractivity contribution in [3.8, 4) is 11.5 Å². The molecule has 0 spiro atoms. The minimum absolute atomic E-state index is 0.282. The number of phenolic OH excluding ortho intramolecular Hbond substituents is 2. The molecule has 0 bridgehead atoms. The molecule has 0 unspecified atom stereocenters. The van der Waals surface area contributed by atoms with Gasteiger partial charge in [-0.15, -0.1) is 0 Å². The third-order valence-corrected chi connectivity index (χ3v) is 4.94. The molecular weight excluding hydrogens is 284 g/mol. The highest BCUT2D eigenvalue weighted by Crippen LogP contribution is 2.46. The maximum Gasteiger partial charge on any atom is 0.124 e. The molecule has 0 heterocycles. The molecule has 0 aromatic heterocycles. The van der Waals surface area contributed by atoms with E-state index in [0.29, 0.717) is 0 Å². The Bertz CT molecular complexity index is 1240. The monoisotopic (exact) mass is 298 g/mol. The lowest BCUT2D eigenvalue weighted by atomic mass is 9.88. The van der Waals surface area contributed by atoms with Crippen LogP contribution in [0.5, 0.6) is 11.5 Å². The van der Waals surface area contributed by atoms with E-state index in [-0.39, 0.29) is 11.5 Å². The fourth-order valence-corrected chi connectivity index (χ4v) is 3.91. The largest absolute Gasteiger partial charge is 0.507 e. The highest BCUT2D eigenvalue weighted by atomic mass is 16.3. The molecule has 0 saturated carbocycles. The second-order valence-corrected chi connectivity index (χ2v) is 6.18. The molecule has 5 rings (SSSR count). The molecule has 0 atom stereocenters. The lowest BCUT2D eigenvalue weighted by molar-refractivity contribution is 0.481. The minimum atomic E-state index is 0.282. The fraction of sp³-hybridized carbons (Fsp3) is 0.0476. The van der Waals surface area contributed by atoms with Crippen LogP contribution in [0.25, 0.3) is 43.1 Å². The molecule has 0 amide bonds. The first-order valence-electron chi connectivity index (χ1n) is 7.67. The zero-order valence-corrected chi connectivity index (χ0v) is 12.6. The van der Waals surface area contributed by atoms with E-state index < -0.39 is 0 Å². The average Bonchev–Trinajstić information content (AvgIpc) is 2.56. The van der Waals surface area contributed by atoms with Gasteiger partial charge in [0, 0.05) is 21.5 Å². The molecule has 2 heteroatoms. The van der Waals surface area contributed by atoms with Gasteiger partial charge in [0.15, 0.2) is 0 Å². The van der Waals surface area contributed by atoms with Gasteiger partial charge in [-0.1, -0.05) is 42.5 Å². The summed E-state index contributed by atoms with van der Waals surface area (Å²) in [4.78, 5) is 0. The molecule has 0 aliphatic heterocycles. The van der Waals surface area contributed by atoms with Gasteiger partial charge >= 0.3 is 0 Å². The van der Waals surface area contributed by atoms with Gasteiger partial charge in [0.25, 0.3) is 0 Å². The first-order chi connectivity index (χ1) is 11.2. The standard InChI is InChI=1S/C21H14O2/c1-11-5-7-15-19-13(11)8-10-17(23)21(19)14-4-2-3-12-6-9-16(22)20(15)18(12)14/h2-10,22-23H,1H3. The lowest BCUT2D eigenvalue weighted by Crippen LogP contribution is -1.89. The van der Waals surface area contributed by atoms with Crippen molar-refractivity contribution in [3.63, 3.8) is 0 Å². The Kier molecular flexibility index (Phi) is 2.21. The van der Waals surface area contributed by atoms with Crippen molar-refractivity contribution >= 4 is 43.1 Å². The van der Waals surface area contributed by atoms with E-state index in [0.717, 1.165) is 48.7 Å². The van der Waals surface area contributed by atoms with Gasteiger partial charge in [-0.25, -0.2) is 0 Å². The first kappa shape index (κ1) is 12.5. The maximum absolute atomic E-state index is 10.5. The molecule has 5 aromatic rings. The second-order valence-electron chi connectivity index (χ2n) is 6.18. The molecule has 2 nitrogen and oxygen atoms in total. The summed E-state index contributed by atoms with van der Waals surface area (Å²) in [5.41, 5.74) is 1.16. The Hall–Kier alpha value is -3.00. The summed E-state index contributed by atoms with van der Waals surface area (Å²) in [6, 6.07) is 17.6. The fourth-order valence-electron chi connectivity index (χ4n) is 3.91. The van der Waals surface area contributed by atoms with Crippen LogP contribution < -0.4 is 0 Å². The van der Waals surface area contributed by atoms with Crippen molar-refractivity contribution in [3.05, 3.63) is 60.2 Å². The van der Waals surface area contributed by atoms with Crippen LogP contribution in [0, 0.1) is 6.92 Å². The normalized spacial score (nSPS) is 12.0. The smallest absolute Gasteiger partial charge is 0.124 e. The van der Waals surface area contributed by atoms with Crippen LogP contribution in [0.1, 0.15) is 5.56 Å². The highest BCUT2D eigenvalue weighted by molar-refractivity contribution is 6.35. The predicted molar refractivity (Wildman–Crippen MR) is 95.7 cm³/mol. The number of benzene rings is 5. The number of fused-ring (bicyclic) bond motifs is 2. The van der Waals surface area contributed by atoms with Gasteiger partial charge in [0.1, 0.15) is 11.5 Å². The molecule has 110 valence electrons. The Balaban J connectivity index is 2.32. The van der Waals surface area contributed by atoms with Crippen molar-refractivity contribution in [1.82, 2.24) is 0 Å². The minimum Gasteiger partial charge on any atom is -0.507 e. The zero-order valence-electron chi connectivity index (χ0n) is 12.6. The van der Waals surface area contributed by atoms with Gasteiger partial charge in [-0.05, 0) is 46.2 Å². The quantitative estimate of drug-likeness (QED) is 0.294. The summed E-state index contributed by atoms with van der Waals surface area (Å²) in [6.07, 6.45) is 0. The van der Waals surface area contributed by atoms with Crippen LogP contribution in [0.4, 0.5) is 0 Å². The molecule has 0 aliphatic carbocycles. The van der Waals surface area contributed by atoms with Gasteiger partial charge in [-0.3, -0.25) is 0 Å². The number of rotatable bonds is 0. The predicted octanol–water partition coefficient (Wildman–Crippen LogP) is 5.46. The lowest BCUT2D eigenvalue weighted by Gasteiger charge is -2.17. The maximum atomic E-state index is 10.5. The SMILES string of the molecule is Cc1ccc2c3c(O)ccc4cccc(c5c(O)ccc1c25)c43. The molecule has 0 radical (unpaired) electrons. The van der Waals surface area contributed by atoms with E-state index in [4.69, 9.17) is 0 Å². The molecule has 0 saturated heterocycles. The van der Waals surface area contributed by atoms with Gasteiger partial charge in [0.2, 0.25) is 0 Å². The van der Waals surface area contributed by atoms with Crippen molar-refractivity contribution in [2.45, 2.75) is 6.92 Å². The Morgan fingerprint density at radius 2 is 1.22 bits per heavy atom. The van der Waals surface area contributed by atoms with E-state index in [2.05, 4.69) is 13.0 Å². The third kappa shape index (κ3) is 1.43. The molecule has 2 N–H and O–H groups in total. The average molecular weight is 298 g/mol. The zero-order chi connectivity index (χ0) is 15.7. The third-order valence-electron chi connectivity index (χ3n) is 4.94. The molecule has 0 aliphatic rings. The van der Waals surface area contributed by atoms with Crippen LogP contribution in [0.2, 0.25) is 0 Å². The number of aryl methyl sites for hydroxylation is 1. The molecule has 0 fully saturated rings. The van der Waals surface area contributed by atoms with Gasteiger partial charge < -0.3 is 10.2 Å². The van der Waals surface area contributed by atoms with E-state index in [1.165, 1.54) is 0 Å². The van der Waals surface area contributed by atoms with Crippen LogP contribution in [0.15, 0.2) is 54.6 Å². The van der Waals surface area contributed by atoms with Crippen LogP contribution >= 0.6 is 0 Å². The first-order valence-corrected chi connectivity index (χ1v) is 7.67. The van der Waals surface area contributed by atoms with Crippen LogP contribution in [0.3, 0.4) is 0 Å². The summed E-state index contributed by atoms with van der Waals surface area (Å²) in [7, 11) is 0. The molecule has 23 heavy (non-hydrogen) atoms. The summed E-state index contributed by atoms with van der Waals surface area (Å²) in [5.74, 6) is 0.565. The summed E-state index contributed by atoms with van der Waals surface area (Å²) in [5, 5.41) is 29.0. The number of aromatic hydroxyl groups is 2. The number of hydrogen-bond donors (Lipinski definition) is 2. The van der Waals surface area contributed by atoms with Gasteiger partial charge in [-0.2, -0.15) is 0 Å². The summed E-state index contributed by atoms with van der Waals surface area (Å²) >= 11 is 0. The number of phenols is 2. The highest BCUT2D eigenvalue weighted by Gasteiger charge is 2.17. The summed E-state index contributed by atoms with van der Waals surface area (Å²) < 4.78 is 0. The second kappa shape index (κ2) is 4.05. The number of hydrogen-bond acceptors (Lipinski definition) is 2. The molecule has 5 aromatic carbocycles. The Labute approximate surface area is 132 Å². The van der Waals surface area contributed by atoms with Crippen LogP contribution in [-0.2, 0) is 0 Å². The van der Waals surface area contributed by atoms with E-state index in [1.54, 1.807) is 12.1 Å². The van der Waals surface area contributed by atoms with E-state index in [9.17, 15) is 10.2 Å².